The third-order valence-corrected chi connectivity index (χ3v) is 4.53. The second-order valence-electron chi connectivity index (χ2n) is 5.82. The highest BCUT2D eigenvalue weighted by molar-refractivity contribution is 6.35. The Morgan fingerprint density at radius 3 is 2.58 bits per heavy atom. The molecule has 5 heteroatoms. The van der Waals surface area contributed by atoms with Gasteiger partial charge in [-0.2, -0.15) is 0 Å². The molecular formula is C19H18ClNO3. The van der Waals surface area contributed by atoms with Gasteiger partial charge in [-0.1, -0.05) is 35.9 Å². The van der Waals surface area contributed by atoms with Crippen molar-refractivity contribution in [2.75, 3.05) is 0 Å². The second kappa shape index (κ2) is 6.40. The van der Waals surface area contributed by atoms with Crippen LogP contribution >= 0.6 is 11.6 Å². The number of benzene rings is 2. The Balaban J connectivity index is 2.50. The Bertz CT molecular complexity index is 976. The van der Waals surface area contributed by atoms with E-state index in [1.54, 1.807) is 54.9 Å². The molecule has 1 aromatic heterocycles. The molecule has 3 aromatic rings. The molecule has 124 valence electrons. The zero-order chi connectivity index (χ0) is 17.4. The van der Waals surface area contributed by atoms with Crippen LogP contribution in [0.2, 0.25) is 5.02 Å². The van der Waals surface area contributed by atoms with Crippen molar-refractivity contribution < 1.29 is 10.2 Å². The van der Waals surface area contributed by atoms with Gasteiger partial charge in [-0.15, -0.1) is 0 Å². The molecule has 1 heterocycles. The van der Waals surface area contributed by atoms with Crippen LogP contribution in [0.5, 0.6) is 0 Å². The number of fused-ring (bicyclic) bond motifs is 1. The quantitative estimate of drug-likeness (QED) is 0.766. The summed E-state index contributed by atoms with van der Waals surface area (Å²) in [6, 6.07) is 12.4. The van der Waals surface area contributed by atoms with Crippen LogP contribution in [-0.2, 0) is 13.7 Å². The molecule has 0 bridgehead atoms. The molecule has 0 aliphatic heterocycles. The molecule has 0 saturated carbocycles. The molecule has 4 nitrogen and oxygen atoms in total. The van der Waals surface area contributed by atoms with E-state index in [9.17, 15) is 15.0 Å². The van der Waals surface area contributed by atoms with Gasteiger partial charge in [0.25, 0.3) is 0 Å². The fraction of sp³-hybridized carbons (Fsp3) is 0.211. The first-order valence-electron chi connectivity index (χ1n) is 7.65. The Hall–Kier alpha value is -2.14. The van der Waals surface area contributed by atoms with Crippen LogP contribution in [-0.4, -0.2) is 14.8 Å². The van der Waals surface area contributed by atoms with Gasteiger partial charge in [-0.05, 0) is 36.2 Å². The van der Waals surface area contributed by atoms with Crippen molar-refractivity contribution in [3.05, 3.63) is 69.0 Å². The van der Waals surface area contributed by atoms with Crippen molar-refractivity contribution in [2.24, 2.45) is 7.05 Å². The average molecular weight is 344 g/mol. The van der Waals surface area contributed by atoms with Crippen molar-refractivity contribution in [3.63, 3.8) is 0 Å². The highest BCUT2D eigenvalue weighted by Crippen LogP contribution is 2.31. The van der Waals surface area contributed by atoms with E-state index in [0.717, 1.165) is 0 Å². The van der Waals surface area contributed by atoms with E-state index in [0.29, 0.717) is 38.3 Å². The molecule has 3 rings (SSSR count). The third-order valence-electron chi connectivity index (χ3n) is 4.22. The minimum atomic E-state index is -0.834. The van der Waals surface area contributed by atoms with E-state index in [1.165, 1.54) is 0 Å². The van der Waals surface area contributed by atoms with Crippen LogP contribution in [0, 0.1) is 0 Å². The summed E-state index contributed by atoms with van der Waals surface area (Å²) in [6.07, 6.45) is -0.834. The minimum absolute atomic E-state index is 0.119. The van der Waals surface area contributed by atoms with Crippen molar-refractivity contribution >= 4 is 22.5 Å². The van der Waals surface area contributed by atoms with Crippen LogP contribution in [0.15, 0.2) is 47.3 Å². The van der Waals surface area contributed by atoms with Crippen molar-refractivity contribution in [1.82, 2.24) is 4.57 Å². The van der Waals surface area contributed by atoms with Gasteiger partial charge in [0.1, 0.15) is 0 Å². The Kier molecular flexibility index (Phi) is 4.45. The summed E-state index contributed by atoms with van der Waals surface area (Å²) in [5.74, 6) is 0. The molecule has 0 aliphatic rings. The third kappa shape index (κ3) is 2.63. The summed E-state index contributed by atoms with van der Waals surface area (Å²) in [5, 5.41) is 20.5. The molecule has 0 amide bonds. The molecule has 0 fully saturated rings. The van der Waals surface area contributed by atoms with Gasteiger partial charge in [0.05, 0.1) is 39.9 Å². The Morgan fingerprint density at radius 1 is 1.21 bits per heavy atom. The summed E-state index contributed by atoms with van der Waals surface area (Å²) < 4.78 is 1.80. The summed E-state index contributed by atoms with van der Waals surface area (Å²) in [6.45, 7) is 1.51. The molecular weight excluding hydrogens is 326 g/mol. The average Bonchev–Trinajstić information content (AvgIpc) is 2.57. The molecule has 0 saturated heterocycles. The fourth-order valence-corrected chi connectivity index (χ4v) is 3.40. The molecule has 0 unspecified atom stereocenters. The van der Waals surface area contributed by atoms with Gasteiger partial charge in [0.15, 0.2) is 5.43 Å². The van der Waals surface area contributed by atoms with Crippen LogP contribution in [0.25, 0.3) is 22.0 Å². The van der Waals surface area contributed by atoms with Crippen LogP contribution in [0.4, 0.5) is 0 Å². The molecule has 0 aliphatic carbocycles. The number of pyridine rings is 1. The molecule has 0 spiro atoms. The smallest absolute Gasteiger partial charge is 0.199 e. The van der Waals surface area contributed by atoms with E-state index in [1.807, 2.05) is 6.07 Å². The largest absolute Gasteiger partial charge is 0.392 e. The van der Waals surface area contributed by atoms with Gasteiger partial charge in [-0.3, -0.25) is 4.79 Å². The van der Waals surface area contributed by atoms with Crippen molar-refractivity contribution in [3.8, 4) is 11.1 Å². The van der Waals surface area contributed by atoms with Crippen LogP contribution in [0.1, 0.15) is 24.3 Å². The Labute approximate surface area is 144 Å². The maximum Gasteiger partial charge on any atom is 0.199 e. The number of rotatable bonds is 3. The van der Waals surface area contributed by atoms with Gasteiger partial charge in [-0.25, -0.2) is 0 Å². The first kappa shape index (κ1) is 16.7. The predicted molar refractivity (Wildman–Crippen MR) is 96.2 cm³/mol. The molecule has 2 N–H and O–H groups in total. The lowest BCUT2D eigenvalue weighted by molar-refractivity contribution is 0.191. The van der Waals surface area contributed by atoms with Crippen LogP contribution < -0.4 is 5.43 Å². The van der Waals surface area contributed by atoms with E-state index < -0.39 is 6.10 Å². The zero-order valence-electron chi connectivity index (χ0n) is 13.5. The summed E-state index contributed by atoms with van der Waals surface area (Å²) in [5.41, 5.74) is 2.73. The number of aliphatic hydroxyl groups is 2. The summed E-state index contributed by atoms with van der Waals surface area (Å²) in [4.78, 5) is 13.2. The van der Waals surface area contributed by atoms with E-state index >= 15 is 0 Å². The lowest BCUT2D eigenvalue weighted by Gasteiger charge is -2.20. The molecule has 2 aromatic carbocycles. The number of aryl methyl sites for hydroxylation is 1. The first-order valence-corrected chi connectivity index (χ1v) is 8.02. The number of nitrogens with zero attached hydrogens (tertiary/aromatic N) is 1. The zero-order valence-corrected chi connectivity index (χ0v) is 14.2. The minimum Gasteiger partial charge on any atom is -0.392 e. The number of halogens is 1. The monoisotopic (exact) mass is 343 g/mol. The number of aliphatic hydroxyl groups excluding tert-OH is 2. The lowest BCUT2D eigenvalue weighted by atomic mass is 9.96. The highest BCUT2D eigenvalue weighted by Gasteiger charge is 2.21. The fourth-order valence-electron chi connectivity index (χ4n) is 3.15. The molecule has 0 radical (unpaired) electrons. The first-order chi connectivity index (χ1) is 11.5. The lowest BCUT2D eigenvalue weighted by Crippen LogP contribution is -2.18. The number of aromatic nitrogens is 1. The van der Waals surface area contributed by atoms with E-state index in [2.05, 4.69) is 0 Å². The van der Waals surface area contributed by atoms with Gasteiger partial charge < -0.3 is 14.8 Å². The maximum absolute atomic E-state index is 13.2. The highest BCUT2D eigenvalue weighted by atomic mass is 35.5. The van der Waals surface area contributed by atoms with Crippen molar-refractivity contribution in [1.29, 1.82) is 0 Å². The molecule has 1 atom stereocenters. The van der Waals surface area contributed by atoms with Crippen LogP contribution in [0.3, 0.4) is 0 Å². The number of hydrogen-bond donors (Lipinski definition) is 2. The SMILES string of the molecule is C[C@@H](O)c1c(-c2cccc(CO)c2)c(=O)c2c(Cl)cccc2n1C. The molecule has 24 heavy (non-hydrogen) atoms. The van der Waals surface area contributed by atoms with Crippen molar-refractivity contribution in [2.45, 2.75) is 19.6 Å². The number of hydrogen-bond acceptors (Lipinski definition) is 3. The Morgan fingerprint density at radius 2 is 1.92 bits per heavy atom. The maximum atomic E-state index is 13.2. The normalized spacial score (nSPS) is 12.5. The van der Waals surface area contributed by atoms with E-state index in [4.69, 9.17) is 11.6 Å². The summed E-state index contributed by atoms with van der Waals surface area (Å²) in [7, 11) is 1.81. The second-order valence-corrected chi connectivity index (χ2v) is 6.22. The summed E-state index contributed by atoms with van der Waals surface area (Å²) >= 11 is 6.27. The van der Waals surface area contributed by atoms with Gasteiger partial charge in [0, 0.05) is 7.05 Å². The predicted octanol–water partition coefficient (Wildman–Crippen LogP) is 3.40. The topological polar surface area (TPSA) is 62.5 Å². The van der Waals surface area contributed by atoms with E-state index in [-0.39, 0.29) is 12.0 Å². The standard InChI is InChI=1S/C19H18ClNO3/c1-11(23)18-16(13-6-3-5-12(9-13)10-22)19(24)17-14(20)7-4-8-15(17)21(18)2/h3-9,11,22-23H,10H2,1-2H3/t11-/m1/s1. The van der Waals surface area contributed by atoms with Gasteiger partial charge in [0.2, 0.25) is 0 Å². The van der Waals surface area contributed by atoms with Gasteiger partial charge >= 0.3 is 0 Å².